The minimum Gasteiger partial charge on any atom is -0.409 e. The highest BCUT2D eigenvalue weighted by Crippen LogP contribution is 2.23. The van der Waals surface area contributed by atoms with Crippen LogP contribution in [-0.4, -0.2) is 27.1 Å². The Morgan fingerprint density at radius 3 is 3.06 bits per heavy atom. The fourth-order valence-corrected chi connectivity index (χ4v) is 2.29. The highest BCUT2D eigenvalue weighted by atomic mass is 35.5. The highest BCUT2D eigenvalue weighted by molar-refractivity contribution is 7.12. The van der Waals surface area contributed by atoms with Crippen LogP contribution < -0.4 is 11.1 Å². The summed E-state index contributed by atoms with van der Waals surface area (Å²) in [6.45, 7) is 0. The van der Waals surface area contributed by atoms with Gasteiger partial charge in [0.1, 0.15) is 10.7 Å². The minimum atomic E-state index is -0.397. The summed E-state index contributed by atoms with van der Waals surface area (Å²) in [5.41, 5.74) is 5.72. The SMILES string of the molecule is N/C(=N/O)c1cn[nH]c1NC(=O)c1sccc1Cl. The van der Waals surface area contributed by atoms with E-state index in [2.05, 4.69) is 20.7 Å². The number of nitrogens with two attached hydrogens (primary N) is 1. The van der Waals surface area contributed by atoms with Gasteiger partial charge < -0.3 is 16.3 Å². The average Bonchev–Trinajstić information content (AvgIpc) is 2.97. The second kappa shape index (κ2) is 5.07. The van der Waals surface area contributed by atoms with E-state index >= 15 is 0 Å². The number of carbonyl (C=O) groups excluding carboxylic acids is 1. The smallest absolute Gasteiger partial charge is 0.268 e. The van der Waals surface area contributed by atoms with Crippen LogP contribution in [0.15, 0.2) is 22.8 Å². The molecule has 0 spiro atoms. The molecule has 0 saturated heterocycles. The Kier molecular flexibility index (Phi) is 3.49. The van der Waals surface area contributed by atoms with Crippen LogP contribution in [0.25, 0.3) is 0 Å². The summed E-state index contributed by atoms with van der Waals surface area (Å²) in [5, 5.41) is 22.3. The molecular formula is C9H8ClN5O2S. The number of H-pyrrole nitrogens is 1. The molecule has 2 aromatic rings. The van der Waals surface area contributed by atoms with Gasteiger partial charge in [0.25, 0.3) is 5.91 Å². The van der Waals surface area contributed by atoms with E-state index in [1.807, 2.05) is 0 Å². The lowest BCUT2D eigenvalue weighted by molar-refractivity contribution is 0.103. The fraction of sp³-hybridized carbons (Fsp3) is 0. The molecule has 0 atom stereocenters. The van der Waals surface area contributed by atoms with Crippen LogP contribution in [0.5, 0.6) is 0 Å². The van der Waals surface area contributed by atoms with E-state index in [0.717, 1.165) is 0 Å². The molecule has 2 aromatic heterocycles. The first kappa shape index (κ1) is 12.4. The maximum Gasteiger partial charge on any atom is 0.268 e. The highest BCUT2D eigenvalue weighted by Gasteiger charge is 2.16. The molecule has 0 radical (unpaired) electrons. The van der Waals surface area contributed by atoms with Gasteiger partial charge in [0.05, 0.1) is 16.8 Å². The van der Waals surface area contributed by atoms with Gasteiger partial charge in [-0.1, -0.05) is 16.8 Å². The molecule has 2 rings (SSSR count). The lowest BCUT2D eigenvalue weighted by Crippen LogP contribution is -2.18. The summed E-state index contributed by atoms with van der Waals surface area (Å²) in [7, 11) is 0. The Balaban J connectivity index is 2.23. The van der Waals surface area contributed by atoms with Crippen LogP contribution in [-0.2, 0) is 0 Å². The Hall–Kier alpha value is -2.06. The molecule has 0 saturated carbocycles. The average molecular weight is 286 g/mol. The molecular weight excluding hydrogens is 278 g/mol. The number of carbonyl (C=O) groups is 1. The molecule has 94 valence electrons. The Bertz CT molecular complexity index is 606. The molecule has 0 aliphatic rings. The van der Waals surface area contributed by atoms with E-state index in [1.165, 1.54) is 17.5 Å². The van der Waals surface area contributed by atoms with E-state index in [4.69, 9.17) is 22.5 Å². The predicted molar refractivity (Wildman–Crippen MR) is 68.4 cm³/mol. The summed E-state index contributed by atoms with van der Waals surface area (Å²) in [6, 6.07) is 1.62. The summed E-state index contributed by atoms with van der Waals surface area (Å²) >= 11 is 7.05. The fourth-order valence-electron chi connectivity index (χ4n) is 1.26. The van der Waals surface area contributed by atoms with Crippen molar-refractivity contribution in [2.24, 2.45) is 10.9 Å². The summed E-state index contributed by atoms with van der Waals surface area (Å²) < 4.78 is 0. The van der Waals surface area contributed by atoms with Crippen molar-refractivity contribution in [1.29, 1.82) is 0 Å². The minimum absolute atomic E-state index is 0.156. The predicted octanol–water partition coefficient (Wildman–Crippen LogP) is 1.47. The van der Waals surface area contributed by atoms with E-state index in [0.29, 0.717) is 15.5 Å². The Morgan fingerprint density at radius 1 is 1.67 bits per heavy atom. The van der Waals surface area contributed by atoms with Crippen LogP contribution in [0, 0.1) is 0 Å². The number of amidine groups is 1. The van der Waals surface area contributed by atoms with Gasteiger partial charge in [-0.05, 0) is 11.4 Å². The molecule has 0 unspecified atom stereocenters. The van der Waals surface area contributed by atoms with E-state index in [1.54, 1.807) is 11.4 Å². The molecule has 0 aromatic carbocycles. The van der Waals surface area contributed by atoms with Crippen LogP contribution in [0.1, 0.15) is 15.2 Å². The van der Waals surface area contributed by atoms with Crippen LogP contribution in [0.2, 0.25) is 5.02 Å². The zero-order chi connectivity index (χ0) is 13.1. The van der Waals surface area contributed by atoms with Crippen LogP contribution in [0.3, 0.4) is 0 Å². The van der Waals surface area contributed by atoms with Gasteiger partial charge in [0.2, 0.25) is 0 Å². The zero-order valence-corrected chi connectivity index (χ0v) is 10.4. The number of nitrogens with zero attached hydrogens (tertiary/aromatic N) is 2. The van der Waals surface area contributed by atoms with Gasteiger partial charge in [-0.25, -0.2) is 0 Å². The topological polar surface area (TPSA) is 116 Å². The van der Waals surface area contributed by atoms with Gasteiger partial charge in [0, 0.05) is 0 Å². The van der Waals surface area contributed by atoms with Crippen LogP contribution >= 0.6 is 22.9 Å². The number of amides is 1. The van der Waals surface area contributed by atoms with Gasteiger partial charge in [-0.2, -0.15) is 5.10 Å². The van der Waals surface area contributed by atoms with Gasteiger partial charge in [-0.15, -0.1) is 11.3 Å². The molecule has 2 heterocycles. The molecule has 9 heteroatoms. The van der Waals surface area contributed by atoms with E-state index in [-0.39, 0.29) is 11.7 Å². The number of thiophene rings is 1. The molecule has 1 amide bonds. The first-order chi connectivity index (χ1) is 8.63. The number of rotatable bonds is 3. The number of halogens is 1. The number of hydrogen-bond donors (Lipinski definition) is 4. The van der Waals surface area contributed by atoms with Crippen molar-refractivity contribution >= 4 is 40.5 Å². The number of nitrogens with one attached hydrogen (secondary N) is 2. The summed E-state index contributed by atoms with van der Waals surface area (Å²) in [5.74, 6) is -0.317. The lowest BCUT2D eigenvalue weighted by Gasteiger charge is -2.03. The Morgan fingerprint density at radius 2 is 2.44 bits per heavy atom. The van der Waals surface area contributed by atoms with Crippen molar-refractivity contribution in [2.45, 2.75) is 0 Å². The molecule has 18 heavy (non-hydrogen) atoms. The first-order valence-electron chi connectivity index (χ1n) is 4.69. The first-order valence-corrected chi connectivity index (χ1v) is 5.95. The number of hydrogen-bond acceptors (Lipinski definition) is 5. The second-order valence-corrected chi connectivity index (χ2v) is 4.52. The molecule has 7 nitrogen and oxygen atoms in total. The number of aromatic nitrogens is 2. The van der Waals surface area contributed by atoms with Gasteiger partial charge in [-0.3, -0.25) is 9.89 Å². The maximum absolute atomic E-state index is 11.9. The summed E-state index contributed by atoms with van der Waals surface area (Å²) in [4.78, 5) is 12.3. The van der Waals surface area contributed by atoms with Crippen molar-refractivity contribution in [2.75, 3.05) is 5.32 Å². The van der Waals surface area contributed by atoms with Crippen LogP contribution in [0.4, 0.5) is 5.82 Å². The monoisotopic (exact) mass is 285 g/mol. The normalized spacial score (nSPS) is 11.5. The zero-order valence-electron chi connectivity index (χ0n) is 8.85. The standard InChI is InChI=1S/C9H8ClN5O2S/c10-5-1-2-18-6(5)9(16)13-8-4(3-12-14-8)7(11)15-17/h1-3,17H,(H2,11,15)(H2,12,13,14,16). The molecule has 0 bridgehead atoms. The van der Waals surface area contributed by atoms with Crippen molar-refractivity contribution < 1.29 is 10.0 Å². The van der Waals surface area contributed by atoms with Crippen molar-refractivity contribution in [3.8, 4) is 0 Å². The quantitative estimate of drug-likeness (QED) is 0.296. The third kappa shape index (κ3) is 2.29. The maximum atomic E-state index is 11.9. The largest absolute Gasteiger partial charge is 0.409 e. The molecule has 0 aliphatic heterocycles. The van der Waals surface area contributed by atoms with Crippen molar-refractivity contribution in [3.05, 3.63) is 33.1 Å². The van der Waals surface area contributed by atoms with Gasteiger partial charge >= 0.3 is 0 Å². The number of oxime groups is 1. The Labute approximate surface area is 110 Å². The molecule has 5 N–H and O–H groups in total. The molecule has 0 aliphatic carbocycles. The van der Waals surface area contributed by atoms with E-state index in [9.17, 15) is 4.79 Å². The summed E-state index contributed by atoms with van der Waals surface area (Å²) in [6.07, 6.45) is 1.33. The lowest BCUT2D eigenvalue weighted by atomic mass is 10.3. The number of aromatic amines is 1. The second-order valence-electron chi connectivity index (χ2n) is 3.20. The third-order valence-electron chi connectivity index (χ3n) is 2.08. The van der Waals surface area contributed by atoms with Crippen molar-refractivity contribution in [3.63, 3.8) is 0 Å². The molecule has 0 fully saturated rings. The van der Waals surface area contributed by atoms with E-state index < -0.39 is 5.91 Å². The van der Waals surface area contributed by atoms with Gasteiger partial charge in [0.15, 0.2) is 5.84 Å². The third-order valence-corrected chi connectivity index (χ3v) is 3.43. The number of anilines is 1. The van der Waals surface area contributed by atoms with Crippen molar-refractivity contribution in [1.82, 2.24) is 10.2 Å².